The van der Waals surface area contributed by atoms with Crippen LogP contribution >= 0.6 is 0 Å². The molecule has 0 aliphatic heterocycles. The molecule has 4 aliphatic carbocycles. The molecule has 216 valence electrons. The molecule has 0 amide bonds. The maximum Gasteiger partial charge on any atom is 0.317 e. The molecule has 7 atom stereocenters. The van der Waals surface area contributed by atoms with E-state index in [4.69, 9.17) is 14.2 Å². The van der Waals surface area contributed by atoms with Crippen molar-refractivity contribution in [2.24, 2.45) is 34.5 Å². The lowest BCUT2D eigenvalue weighted by Gasteiger charge is -2.58. The highest BCUT2D eigenvalue weighted by Crippen LogP contribution is 2.66. The molecule has 40 heavy (non-hydrogen) atoms. The lowest BCUT2D eigenvalue weighted by atomic mass is 9.47. The van der Waals surface area contributed by atoms with Crippen molar-refractivity contribution in [2.75, 3.05) is 6.61 Å². The van der Waals surface area contributed by atoms with E-state index in [1.165, 1.54) is 12.5 Å². The third-order valence-electron chi connectivity index (χ3n) is 10.7. The van der Waals surface area contributed by atoms with Crippen LogP contribution in [0.3, 0.4) is 0 Å². The first-order valence-electron chi connectivity index (χ1n) is 14.8. The Labute approximate surface area is 237 Å². The molecule has 1 aromatic carbocycles. The second-order valence-electron chi connectivity index (χ2n) is 12.9. The van der Waals surface area contributed by atoms with Gasteiger partial charge in [-0.25, -0.2) is 0 Å². The van der Waals surface area contributed by atoms with Gasteiger partial charge in [-0.1, -0.05) is 55.8 Å². The van der Waals surface area contributed by atoms with Gasteiger partial charge in [0.15, 0.2) is 5.78 Å². The van der Waals surface area contributed by atoms with E-state index in [1.54, 1.807) is 0 Å². The number of esters is 3. The Kier molecular flexibility index (Phi) is 8.21. The summed E-state index contributed by atoms with van der Waals surface area (Å²) in [6.07, 6.45) is 9.62. The molecular formula is C33H42O7. The van der Waals surface area contributed by atoms with Crippen molar-refractivity contribution in [1.82, 2.24) is 0 Å². The number of ether oxygens (including phenoxy) is 3. The maximum atomic E-state index is 13.3. The summed E-state index contributed by atoms with van der Waals surface area (Å²) in [6.45, 7) is 5.97. The van der Waals surface area contributed by atoms with Gasteiger partial charge in [0, 0.05) is 19.3 Å². The van der Waals surface area contributed by atoms with Crippen molar-refractivity contribution in [2.45, 2.75) is 91.3 Å². The first-order chi connectivity index (χ1) is 19.1. The van der Waals surface area contributed by atoms with Gasteiger partial charge in [-0.15, -0.1) is 0 Å². The van der Waals surface area contributed by atoms with Crippen molar-refractivity contribution in [1.29, 1.82) is 0 Å². The second kappa shape index (κ2) is 11.5. The normalized spacial score (nSPS) is 34.4. The highest BCUT2D eigenvalue weighted by Gasteiger charge is 2.59. The Balaban J connectivity index is 1.15. The summed E-state index contributed by atoms with van der Waals surface area (Å²) in [6, 6.07) is 9.26. The highest BCUT2D eigenvalue weighted by atomic mass is 16.6. The van der Waals surface area contributed by atoms with Crippen LogP contribution < -0.4 is 0 Å². The summed E-state index contributed by atoms with van der Waals surface area (Å²) in [5, 5.41) is 0. The molecule has 0 N–H and O–H groups in total. The molecule has 0 saturated heterocycles. The quantitative estimate of drug-likeness (QED) is 0.176. The molecule has 5 rings (SSSR count). The van der Waals surface area contributed by atoms with Gasteiger partial charge >= 0.3 is 17.9 Å². The zero-order chi connectivity index (χ0) is 28.5. The van der Waals surface area contributed by atoms with E-state index < -0.39 is 18.4 Å². The third kappa shape index (κ3) is 5.61. The van der Waals surface area contributed by atoms with Gasteiger partial charge in [-0.3, -0.25) is 19.2 Å². The fraction of sp³-hybridized carbons (Fsp3) is 0.636. The predicted molar refractivity (Wildman–Crippen MR) is 148 cm³/mol. The summed E-state index contributed by atoms with van der Waals surface area (Å²) < 4.78 is 16.0. The van der Waals surface area contributed by atoms with Gasteiger partial charge in [-0.2, -0.15) is 0 Å². The van der Waals surface area contributed by atoms with E-state index in [2.05, 4.69) is 19.9 Å². The Hall–Kier alpha value is -2.96. The van der Waals surface area contributed by atoms with E-state index in [-0.39, 0.29) is 47.8 Å². The molecule has 7 heteroatoms. The van der Waals surface area contributed by atoms with Crippen LogP contribution in [0.5, 0.6) is 0 Å². The van der Waals surface area contributed by atoms with Gasteiger partial charge in [0.1, 0.15) is 25.7 Å². The third-order valence-corrected chi connectivity index (χ3v) is 10.7. The van der Waals surface area contributed by atoms with Crippen molar-refractivity contribution in [3.05, 3.63) is 47.5 Å². The van der Waals surface area contributed by atoms with Crippen molar-refractivity contribution < 1.29 is 33.4 Å². The summed E-state index contributed by atoms with van der Waals surface area (Å²) >= 11 is 0. The van der Waals surface area contributed by atoms with Crippen LogP contribution in [0.15, 0.2) is 42.0 Å². The molecule has 1 aromatic rings. The standard InChI is InChI=1S/C33H42O7/c1-21(34)40-24-13-15-32(2)23(17-24)9-10-25-26-11-12-28(33(26,3)16-14-27(25)32)29(35)20-39-31(37)18-30(36)38-19-22-7-5-4-6-8-22/h4-9,24-28H,10-20H2,1-3H3/t24-,25-,26-,27-,28+,32-,33-/m0/s1. The summed E-state index contributed by atoms with van der Waals surface area (Å²) in [5.74, 6) is -0.167. The number of carbonyl (C=O) groups excluding carboxylic acids is 4. The zero-order valence-electron chi connectivity index (χ0n) is 24.0. The van der Waals surface area contributed by atoms with Gasteiger partial charge in [-0.05, 0) is 79.1 Å². The Morgan fingerprint density at radius 3 is 2.40 bits per heavy atom. The number of rotatable bonds is 8. The number of allylic oxidation sites excluding steroid dienone is 1. The average Bonchev–Trinajstić information content (AvgIpc) is 3.28. The Bertz CT molecular complexity index is 1170. The SMILES string of the molecule is CC(=O)O[C@H]1CC[C@@]2(C)C(=CC[C@H]3[C@@H]4CC[C@H](C(=O)COC(=O)CC(=O)OCc5ccccc5)[C@@]4(C)CC[C@@H]32)C1. The van der Waals surface area contributed by atoms with Crippen molar-refractivity contribution >= 4 is 23.7 Å². The first kappa shape index (κ1) is 28.6. The summed E-state index contributed by atoms with van der Waals surface area (Å²) in [4.78, 5) is 49.2. The molecule has 0 unspecified atom stereocenters. The van der Waals surface area contributed by atoms with Crippen LogP contribution in [-0.4, -0.2) is 36.4 Å². The number of ketones is 1. The fourth-order valence-electron chi connectivity index (χ4n) is 8.70. The van der Waals surface area contributed by atoms with E-state index in [0.717, 1.165) is 56.9 Å². The van der Waals surface area contributed by atoms with Crippen LogP contribution in [0.2, 0.25) is 0 Å². The minimum Gasteiger partial charge on any atom is -0.462 e. The number of benzene rings is 1. The Morgan fingerprint density at radius 1 is 0.900 bits per heavy atom. The van der Waals surface area contributed by atoms with Crippen LogP contribution in [0.25, 0.3) is 0 Å². The smallest absolute Gasteiger partial charge is 0.317 e. The largest absolute Gasteiger partial charge is 0.462 e. The maximum absolute atomic E-state index is 13.3. The molecule has 0 heterocycles. The minimum atomic E-state index is -0.725. The number of hydrogen-bond acceptors (Lipinski definition) is 7. The molecule has 0 spiro atoms. The molecular weight excluding hydrogens is 508 g/mol. The van der Waals surface area contributed by atoms with Gasteiger partial charge in [0.25, 0.3) is 0 Å². The molecule has 3 fully saturated rings. The number of Topliss-reactive ketones (excluding diaryl/α,β-unsaturated/α-hetero) is 1. The van der Waals surface area contributed by atoms with Crippen molar-refractivity contribution in [3.63, 3.8) is 0 Å². The highest BCUT2D eigenvalue weighted by molar-refractivity contribution is 5.93. The van der Waals surface area contributed by atoms with Crippen LogP contribution in [-0.2, 0) is 40.0 Å². The topological polar surface area (TPSA) is 96.0 Å². The van der Waals surface area contributed by atoms with E-state index >= 15 is 0 Å². The minimum absolute atomic E-state index is 0.0101. The predicted octanol–water partition coefficient (Wildman–Crippen LogP) is 5.74. The van der Waals surface area contributed by atoms with Crippen LogP contribution in [0, 0.1) is 34.5 Å². The number of carbonyl (C=O) groups is 4. The molecule has 3 saturated carbocycles. The van der Waals surface area contributed by atoms with Gasteiger partial charge in [0.2, 0.25) is 0 Å². The van der Waals surface area contributed by atoms with Crippen LogP contribution in [0.4, 0.5) is 0 Å². The van der Waals surface area contributed by atoms with Gasteiger partial charge < -0.3 is 14.2 Å². The summed E-state index contributed by atoms with van der Waals surface area (Å²) in [7, 11) is 0. The molecule has 7 nitrogen and oxygen atoms in total. The number of hydrogen-bond donors (Lipinski definition) is 0. The molecule has 0 aromatic heterocycles. The number of fused-ring (bicyclic) bond motifs is 5. The van der Waals surface area contributed by atoms with Crippen molar-refractivity contribution in [3.8, 4) is 0 Å². The molecule has 0 bridgehead atoms. The second-order valence-corrected chi connectivity index (χ2v) is 12.9. The van der Waals surface area contributed by atoms with Gasteiger partial charge in [0.05, 0.1) is 0 Å². The first-order valence-corrected chi connectivity index (χ1v) is 14.8. The van der Waals surface area contributed by atoms with Crippen LogP contribution in [0.1, 0.15) is 84.1 Å². The van der Waals surface area contributed by atoms with E-state index in [9.17, 15) is 19.2 Å². The fourth-order valence-corrected chi connectivity index (χ4v) is 8.70. The molecule has 4 aliphatic rings. The Morgan fingerprint density at radius 2 is 1.65 bits per heavy atom. The van der Waals surface area contributed by atoms with E-state index in [1.807, 2.05) is 30.3 Å². The lowest BCUT2D eigenvalue weighted by molar-refractivity contribution is -0.158. The monoisotopic (exact) mass is 550 g/mol. The zero-order valence-corrected chi connectivity index (χ0v) is 24.0. The summed E-state index contributed by atoms with van der Waals surface area (Å²) in [5.41, 5.74) is 2.32. The lowest BCUT2D eigenvalue weighted by Crippen LogP contribution is -2.51. The average molecular weight is 551 g/mol. The van der Waals surface area contributed by atoms with E-state index in [0.29, 0.717) is 17.8 Å². The molecule has 0 radical (unpaired) electrons.